The van der Waals surface area contributed by atoms with E-state index in [1.807, 2.05) is 13.8 Å². The predicted molar refractivity (Wildman–Crippen MR) is 73.9 cm³/mol. The van der Waals surface area contributed by atoms with E-state index in [0.717, 1.165) is 11.3 Å². The van der Waals surface area contributed by atoms with Crippen LogP contribution in [-0.2, 0) is 6.42 Å². The Hall–Kier alpha value is -1.73. The first kappa shape index (κ1) is 17.3. The van der Waals surface area contributed by atoms with E-state index in [-0.39, 0.29) is 17.9 Å². The Kier molecular flexibility index (Phi) is 6.04. The van der Waals surface area contributed by atoms with Gasteiger partial charge in [-0.1, -0.05) is 26.7 Å². The third kappa shape index (κ3) is 4.95. The zero-order valence-corrected chi connectivity index (χ0v) is 12.3. The summed E-state index contributed by atoms with van der Waals surface area (Å²) in [7, 11) is 0. The third-order valence-corrected chi connectivity index (χ3v) is 3.02. The average Bonchev–Trinajstić information content (AvgIpc) is 2.75. The fourth-order valence-electron chi connectivity index (χ4n) is 1.96. The van der Waals surface area contributed by atoms with Crippen LogP contribution in [0.3, 0.4) is 0 Å². The molecule has 0 fully saturated rings. The normalized spacial score (nSPS) is 11.7. The van der Waals surface area contributed by atoms with Gasteiger partial charge in [0.1, 0.15) is 6.54 Å². The van der Waals surface area contributed by atoms with Crippen molar-refractivity contribution in [2.24, 2.45) is 0 Å². The van der Waals surface area contributed by atoms with Gasteiger partial charge in [-0.3, -0.25) is 9.89 Å². The number of hydrogen-bond acceptors (Lipinski definition) is 3. The van der Waals surface area contributed by atoms with Crippen LogP contribution in [0.4, 0.5) is 18.9 Å². The van der Waals surface area contributed by atoms with Gasteiger partial charge in [0.2, 0.25) is 0 Å². The van der Waals surface area contributed by atoms with Crippen LogP contribution in [0.25, 0.3) is 0 Å². The van der Waals surface area contributed by atoms with Crippen molar-refractivity contribution in [3.8, 4) is 0 Å². The van der Waals surface area contributed by atoms with E-state index in [9.17, 15) is 18.0 Å². The van der Waals surface area contributed by atoms with Gasteiger partial charge in [-0.15, -0.1) is 0 Å². The highest BCUT2D eigenvalue weighted by molar-refractivity contribution is 5.97. The van der Waals surface area contributed by atoms with Crippen molar-refractivity contribution in [2.45, 2.75) is 45.7 Å². The molecule has 1 amide bonds. The summed E-state index contributed by atoms with van der Waals surface area (Å²) in [4.78, 5) is 13.0. The summed E-state index contributed by atoms with van der Waals surface area (Å²) in [5, 5.41) is 6.41. The number of amides is 1. The van der Waals surface area contributed by atoms with Crippen LogP contribution in [0.2, 0.25) is 0 Å². The molecule has 0 aliphatic heterocycles. The van der Waals surface area contributed by atoms with Gasteiger partial charge >= 0.3 is 6.18 Å². The molecule has 1 aromatic rings. The van der Waals surface area contributed by atoms with E-state index >= 15 is 0 Å². The maximum atomic E-state index is 12.6. The van der Waals surface area contributed by atoms with Crippen LogP contribution in [0.15, 0.2) is 0 Å². The first-order valence-electron chi connectivity index (χ1n) is 6.98. The van der Waals surface area contributed by atoms with Crippen molar-refractivity contribution in [2.75, 3.05) is 18.8 Å². The molecule has 0 bridgehead atoms. The van der Waals surface area contributed by atoms with Crippen molar-refractivity contribution in [1.82, 2.24) is 15.1 Å². The maximum absolute atomic E-state index is 12.6. The summed E-state index contributed by atoms with van der Waals surface area (Å²) < 4.78 is 37.7. The second-order valence-electron chi connectivity index (χ2n) is 4.91. The molecule has 1 aromatic heterocycles. The number of aryl methyl sites for hydroxylation is 1. The van der Waals surface area contributed by atoms with E-state index in [2.05, 4.69) is 10.2 Å². The molecule has 0 aromatic carbocycles. The van der Waals surface area contributed by atoms with E-state index in [0.29, 0.717) is 25.0 Å². The number of anilines is 1. The largest absolute Gasteiger partial charge is 0.406 e. The predicted octanol–water partition coefficient (Wildman–Crippen LogP) is 2.75. The van der Waals surface area contributed by atoms with Crippen molar-refractivity contribution in [3.05, 3.63) is 11.4 Å². The van der Waals surface area contributed by atoms with Crippen molar-refractivity contribution in [1.29, 1.82) is 0 Å². The van der Waals surface area contributed by atoms with Gasteiger partial charge in [0.15, 0.2) is 5.69 Å². The lowest BCUT2D eigenvalue weighted by Crippen LogP contribution is -2.40. The van der Waals surface area contributed by atoms with E-state index in [1.165, 1.54) is 0 Å². The molecule has 0 saturated carbocycles. The summed E-state index contributed by atoms with van der Waals surface area (Å²) in [6, 6.07) is 0. The Bertz CT molecular complexity index is 470. The number of nitrogens with one attached hydrogen (secondary N) is 1. The second kappa shape index (κ2) is 7.33. The molecule has 0 spiro atoms. The molecule has 0 aliphatic carbocycles. The number of aromatic amines is 1. The molecule has 0 saturated heterocycles. The monoisotopic (exact) mass is 306 g/mol. The van der Waals surface area contributed by atoms with Crippen molar-refractivity contribution in [3.63, 3.8) is 0 Å². The van der Waals surface area contributed by atoms with Gasteiger partial charge in [0, 0.05) is 6.54 Å². The minimum Gasteiger partial charge on any atom is -0.395 e. The number of nitrogens with two attached hydrogens (primary N) is 1. The molecule has 1 heterocycles. The maximum Gasteiger partial charge on any atom is 0.406 e. The molecule has 0 atom stereocenters. The second-order valence-corrected chi connectivity index (χ2v) is 4.91. The lowest BCUT2D eigenvalue weighted by atomic mass is 10.2. The van der Waals surface area contributed by atoms with Gasteiger partial charge in [0.25, 0.3) is 5.91 Å². The Balaban J connectivity index is 2.93. The molecule has 120 valence electrons. The fraction of sp³-hybridized carbons (Fsp3) is 0.692. The number of nitrogen functional groups attached to an aromatic ring is 1. The number of alkyl halides is 3. The van der Waals surface area contributed by atoms with Crippen LogP contribution in [0.1, 0.15) is 49.3 Å². The molecule has 8 heteroatoms. The smallest absolute Gasteiger partial charge is 0.395 e. The first-order chi connectivity index (χ1) is 9.80. The fourth-order valence-corrected chi connectivity index (χ4v) is 1.96. The summed E-state index contributed by atoms with van der Waals surface area (Å²) in [6.45, 7) is 2.52. The molecule has 0 radical (unpaired) electrons. The summed E-state index contributed by atoms with van der Waals surface area (Å²) in [5.74, 6) is -0.781. The highest BCUT2D eigenvalue weighted by atomic mass is 19.4. The van der Waals surface area contributed by atoms with E-state index < -0.39 is 18.6 Å². The van der Waals surface area contributed by atoms with E-state index in [1.54, 1.807) is 0 Å². The number of rotatable bonds is 7. The Morgan fingerprint density at radius 1 is 1.33 bits per heavy atom. The first-order valence-corrected chi connectivity index (χ1v) is 6.98. The molecule has 1 rings (SSSR count). The number of aromatic nitrogens is 2. The Morgan fingerprint density at radius 2 is 2.00 bits per heavy atom. The molecular formula is C13H21F3N4O. The number of carbonyl (C=O) groups excluding carboxylic acids is 1. The molecule has 3 N–H and O–H groups in total. The molecule has 5 nitrogen and oxygen atoms in total. The van der Waals surface area contributed by atoms with E-state index in [4.69, 9.17) is 5.73 Å². The van der Waals surface area contributed by atoms with Crippen molar-refractivity contribution < 1.29 is 18.0 Å². The van der Waals surface area contributed by atoms with Crippen LogP contribution < -0.4 is 5.73 Å². The standard InChI is InChI=1S/C13H21F3N4O/c1-3-5-7-20(8-13(14,15)16)12(21)11-10(17)9(6-4-2)18-19-11/h3-8,17H2,1-2H3,(H,18,19). The number of hydrogen-bond donors (Lipinski definition) is 2. The zero-order valence-electron chi connectivity index (χ0n) is 12.3. The minimum absolute atomic E-state index is 0.0320. The number of H-pyrrole nitrogens is 1. The van der Waals surface area contributed by atoms with Gasteiger partial charge < -0.3 is 10.6 Å². The van der Waals surface area contributed by atoms with Crippen molar-refractivity contribution >= 4 is 11.6 Å². The molecule has 0 unspecified atom stereocenters. The Labute approximate surface area is 121 Å². The van der Waals surface area contributed by atoms with Crippen LogP contribution in [-0.4, -0.2) is 40.3 Å². The minimum atomic E-state index is -4.44. The third-order valence-electron chi connectivity index (χ3n) is 3.02. The summed E-state index contributed by atoms with van der Waals surface area (Å²) in [5.41, 5.74) is 6.40. The lowest BCUT2D eigenvalue weighted by molar-refractivity contribution is -0.140. The molecular weight excluding hydrogens is 285 g/mol. The number of nitrogens with zero attached hydrogens (tertiary/aromatic N) is 2. The van der Waals surface area contributed by atoms with Gasteiger partial charge in [-0.2, -0.15) is 18.3 Å². The number of carbonyl (C=O) groups is 1. The van der Waals surface area contributed by atoms with Crippen LogP contribution in [0, 0.1) is 0 Å². The van der Waals surface area contributed by atoms with Crippen LogP contribution >= 0.6 is 0 Å². The average molecular weight is 306 g/mol. The summed E-state index contributed by atoms with van der Waals surface area (Å²) >= 11 is 0. The van der Waals surface area contributed by atoms with Crippen LogP contribution in [0.5, 0.6) is 0 Å². The topological polar surface area (TPSA) is 75.0 Å². The highest BCUT2D eigenvalue weighted by Gasteiger charge is 2.34. The van der Waals surface area contributed by atoms with Gasteiger partial charge in [-0.05, 0) is 12.8 Å². The lowest BCUT2D eigenvalue weighted by Gasteiger charge is -2.23. The Morgan fingerprint density at radius 3 is 2.52 bits per heavy atom. The zero-order chi connectivity index (χ0) is 16.0. The molecule has 0 aliphatic rings. The molecule has 21 heavy (non-hydrogen) atoms. The SMILES string of the molecule is CCCCN(CC(F)(F)F)C(=O)c1n[nH]c(CCC)c1N. The quantitative estimate of drug-likeness (QED) is 0.813. The number of halogens is 3. The van der Waals surface area contributed by atoms with Gasteiger partial charge in [-0.25, -0.2) is 0 Å². The highest BCUT2D eigenvalue weighted by Crippen LogP contribution is 2.21. The van der Waals surface area contributed by atoms with Gasteiger partial charge in [0.05, 0.1) is 11.4 Å². The summed E-state index contributed by atoms with van der Waals surface area (Å²) in [6.07, 6.45) is -1.87. The number of unbranched alkanes of at least 4 members (excludes halogenated alkanes) is 1.